The van der Waals surface area contributed by atoms with Gasteiger partial charge in [0.05, 0.1) is 11.8 Å². The lowest BCUT2D eigenvalue weighted by Gasteiger charge is -2.27. The van der Waals surface area contributed by atoms with E-state index in [0.29, 0.717) is 6.42 Å². The number of fused-ring (bicyclic) bond motifs is 2. The van der Waals surface area contributed by atoms with E-state index in [9.17, 15) is 29.1 Å². The highest BCUT2D eigenvalue weighted by molar-refractivity contribution is 5.88. The van der Waals surface area contributed by atoms with Crippen molar-refractivity contribution in [3.63, 3.8) is 0 Å². The van der Waals surface area contributed by atoms with Gasteiger partial charge in [-0.3, -0.25) is 9.59 Å². The maximum Gasteiger partial charge on any atom is 0.333 e. The Hall–Kier alpha value is -3.73. The van der Waals surface area contributed by atoms with Gasteiger partial charge in [-0.15, -0.1) is 0 Å². The van der Waals surface area contributed by atoms with E-state index in [1.165, 1.54) is 20.8 Å². The van der Waals surface area contributed by atoms with Gasteiger partial charge in [0.25, 0.3) is 0 Å². The molecule has 0 amide bonds. The van der Waals surface area contributed by atoms with Crippen molar-refractivity contribution in [2.75, 3.05) is 26.4 Å². The van der Waals surface area contributed by atoms with Gasteiger partial charge in [0, 0.05) is 16.7 Å². The predicted octanol–water partition coefficient (Wildman–Crippen LogP) is 1.60. The Morgan fingerprint density at radius 1 is 0.711 bits per heavy atom. The number of ether oxygens (including phenoxy) is 5. The van der Waals surface area contributed by atoms with Gasteiger partial charge in [-0.2, -0.15) is 0 Å². The summed E-state index contributed by atoms with van der Waals surface area (Å²) in [6.07, 6.45) is 1.77. The van der Waals surface area contributed by atoms with E-state index in [4.69, 9.17) is 23.7 Å². The Morgan fingerprint density at radius 2 is 1.11 bits per heavy atom. The number of allylic oxidation sites excluding steroid dienone is 2. The summed E-state index contributed by atoms with van der Waals surface area (Å²) in [5.74, 6) is -5.91. The first-order chi connectivity index (χ1) is 17.8. The van der Waals surface area contributed by atoms with Crippen molar-refractivity contribution in [2.24, 2.45) is 23.7 Å². The molecule has 5 atom stereocenters. The SMILES string of the molecule is C=C(C)C(=O)OCC(O)COC(=O)[C@@H]1[C@H](C(=O)OC(COC(=O)C(=C)C)COC(=O)C(=C)C)[C@@H]2C=C[C@H]1C2. The summed E-state index contributed by atoms with van der Waals surface area (Å²) in [5.41, 5.74) is 0.421. The lowest BCUT2D eigenvalue weighted by Crippen LogP contribution is -2.40. The van der Waals surface area contributed by atoms with Crippen molar-refractivity contribution >= 4 is 29.8 Å². The molecule has 0 spiro atoms. The number of aliphatic hydroxyl groups excluding tert-OH is 1. The molecule has 1 fully saturated rings. The molecule has 0 aromatic carbocycles. The van der Waals surface area contributed by atoms with Crippen molar-refractivity contribution in [3.05, 3.63) is 48.6 Å². The number of rotatable bonds is 14. The highest BCUT2D eigenvalue weighted by atomic mass is 16.6. The Balaban J connectivity index is 2.03. The highest BCUT2D eigenvalue weighted by Gasteiger charge is 2.53. The minimum absolute atomic E-state index is 0.131. The second-order valence-corrected chi connectivity index (χ2v) is 9.48. The monoisotopic (exact) mass is 534 g/mol. The largest absolute Gasteiger partial charge is 0.463 e. The molecule has 0 aromatic heterocycles. The fourth-order valence-electron chi connectivity index (χ4n) is 4.03. The first kappa shape index (κ1) is 30.5. The fraction of sp³-hybridized carbons (Fsp3) is 0.519. The van der Waals surface area contributed by atoms with Crippen LogP contribution in [-0.4, -0.2) is 73.6 Å². The zero-order valence-electron chi connectivity index (χ0n) is 21.8. The van der Waals surface area contributed by atoms with Crippen LogP contribution in [0.2, 0.25) is 0 Å². The van der Waals surface area contributed by atoms with Gasteiger partial charge in [-0.1, -0.05) is 31.9 Å². The van der Waals surface area contributed by atoms with Gasteiger partial charge in [-0.05, 0) is 39.0 Å². The molecule has 1 saturated carbocycles. The van der Waals surface area contributed by atoms with Gasteiger partial charge in [0.1, 0.15) is 32.5 Å². The standard InChI is InChI=1S/C27H34O11/c1-14(2)23(29)34-10-19(28)11-35-26(32)21-17-7-8-18(9-17)22(21)27(33)38-20(12-36-24(30)15(3)4)13-37-25(31)16(5)6/h7-8,17-22,28H,1,3,5,9-13H2,2,4,6H3/t17-,18+,19?,21-,22+/m0/s1. The zero-order chi connectivity index (χ0) is 28.6. The maximum absolute atomic E-state index is 13.2. The molecule has 2 aliphatic carbocycles. The number of hydrogen-bond acceptors (Lipinski definition) is 11. The van der Waals surface area contributed by atoms with E-state index in [2.05, 4.69) is 19.7 Å². The summed E-state index contributed by atoms with van der Waals surface area (Å²) in [4.78, 5) is 61.2. The van der Waals surface area contributed by atoms with Crippen LogP contribution in [0, 0.1) is 23.7 Å². The maximum atomic E-state index is 13.2. The van der Waals surface area contributed by atoms with Crippen LogP contribution in [0.5, 0.6) is 0 Å². The van der Waals surface area contributed by atoms with Crippen molar-refractivity contribution in [1.29, 1.82) is 0 Å². The third-order valence-corrected chi connectivity index (χ3v) is 5.96. The van der Waals surface area contributed by atoms with E-state index in [1.54, 1.807) is 0 Å². The summed E-state index contributed by atoms with van der Waals surface area (Å²) in [6.45, 7) is 13.1. The van der Waals surface area contributed by atoms with E-state index >= 15 is 0 Å². The van der Waals surface area contributed by atoms with Crippen LogP contribution in [0.15, 0.2) is 48.6 Å². The third-order valence-electron chi connectivity index (χ3n) is 5.96. The number of esters is 5. The Labute approximate surface area is 221 Å². The second-order valence-electron chi connectivity index (χ2n) is 9.48. The van der Waals surface area contributed by atoms with Crippen LogP contribution in [0.3, 0.4) is 0 Å². The van der Waals surface area contributed by atoms with E-state index < -0.39 is 80.3 Å². The molecule has 0 saturated heterocycles. The molecule has 0 radical (unpaired) electrons. The summed E-state index contributed by atoms with van der Waals surface area (Å²) < 4.78 is 25.7. The molecule has 38 heavy (non-hydrogen) atoms. The molecule has 208 valence electrons. The fourth-order valence-corrected chi connectivity index (χ4v) is 4.03. The average Bonchev–Trinajstić information content (AvgIpc) is 3.48. The molecule has 0 aliphatic heterocycles. The highest BCUT2D eigenvalue weighted by Crippen LogP contribution is 2.49. The van der Waals surface area contributed by atoms with E-state index in [0.717, 1.165) is 0 Å². The quantitative estimate of drug-likeness (QED) is 0.150. The van der Waals surface area contributed by atoms with Gasteiger partial charge >= 0.3 is 29.8 Å². The number of hydrogen-bond donors (Lipinski definition) is 1. The first-order valence-corrected chi connectivity index (χ1v) is 12.0. The molecular formula is C27H34O11. The average molecular weight is 535 g/mol. The first-order valence-electron chi connectivity index (χ1n) is 12.0. The summed E-state index contributed by atoms with van der Waals surface area (Å²) in [6, 6.07) is 0. The molecule has 2 rings (SSSR count). The predicted molar refractivity (Wildman–Crippen MR) is 132 cm³/mol. The Bertz CT molecular complexity index is 994. The van der Waals surface area contributed by atoms with E-state index in [-0.39, 0.29) is 28.6 Å². The third kappa shape index (κ3) is 8.41. The minimum Gasteiger partial charge on any atom is -0.463 e. The zero-order valence-corrected chi connectivity index (χ0v) is 21.8. The lowest BCUT2D eigenvalue weighted by molar-refractivity contribution is -0.173. The van der Waals surface area contributed by atoms with Gasteiger partial charge < -0.3 is 28.8 Å². The van der Waals surface area contributed by atoms with Crippen LogP contribution in [0.1, 0.15) is 27.2 Å². The van der Waals surface area contributed by atoms with Crippen molar-refractivity contribution in [2.45, 2.75) is 39.4 Å². The molecule has 0 heterocycles. The Morgan fingerprint density at radius 3 is 1.55 bits per heavy atom. The molecule has 2 aliphatic rings. The van der Waals surface area contributed by atoms with Gasteiger partial charge in [-0.25, -0.2) is 14.4 Å². The minimum atomic E-state index is -1.27. The summed E-state index contributed by atoms with van der Waals surface area (Å²) in [5, 5.41) is 10.00. The summed E-state index contributed by atoms with van der Waals surface area (Å²) >= 11 is 0. The van der Waals surface area contributed by atoms with Crippen LogP contribution in [0.4, 0.5) is 0 Å². The smallest absolute Gasteiger partial charge is 0.333 e. The van der Waals surface area contributed by atoms with Crippen LogP contribution >= 0.6 is 0 Å². The Kier molecular flexibility index (Phi) is 11.0. The number of carbonyl (C=O) groups is 5. The topological polar surface area (TPSA) is 152 Å². The molecule has 2 bridgehead atoms. The molecule has 11 heteroatoms. The van der Waals surface area contributed by atoms with Crippen LogP contribution in [-0.2, 0) is 47.7 Å². The van der Waals surface area contributed by atoms with Crippen molar-refractivity contribution in [1.82, 2.24) is 0 Å². The van der Waals surface area contributed by atoms with Gasteiger partial charge in [0.15, 0.2) is 6.10 Å². The molecule has 11 nitrogen and oxygen atoms in total. The number of carbonyl (C=O) groups excluding carboxylic acids is 5. The van der Waals surface area contributed by atoms with Gasteiger partial charge in [0.2, 0.25) is 0 Å². The molecule has 1 N–H and O–H groups in total. The van der Waals surface area contributed by atoms with Crippen LogP contribution < -0.4 is 0 Å². The van der Waals surface area contributed by atoms with Crippen molar-refractivity contribution < 1.29 is 52.8 Å². The molecule has 0 aromatic rings. The van der Waals surface area contributed by atoms with E-state index in [1.807, 2.05) is 12.2 Å². The number of aliphatic hydroxyl groups is 1. The normalized spacial score (nSPS) is 21.8. The molecular weight excluding hydrogens is 500 g/mol. The van der Waals surface area contributed by atoms with Crippen LogP contribution in [0.25, 0.3) is 0 Å². The second kappa shape index (κ2) is 13.7. The van der Waals surface area contributed by atoms with Crippen molar-refractivity contribution in [3.8, 4) is 0 Å². The molecule has 1 unspecified atom stereocenters. The summed E-state index contributed by atoms with van der Waals surface area (Å²) in [7, 11) is 0. The lowest BCUT2D eigenvalue weighted by atomic mass is 9.83.